The lowest BCUT2D eigenvalue weighted by molar-refractivity contribution is 0.300. The highest BCUT2D eigenvalue weighted by molar-refractivity contribution is 5.58. The standard InChI is InChI=1S/C15H22N4/c1-9-4-6-12(14-10(2)5-7-13(9)14)8-11(3)15-16-18-19-17-15/h8-9,12-13H,4-7H2,1-3H3,(H,16,17,18,19)/b11-8+/t9-,12+,13-/m1/s1. The van der Waals surface area contributed by atoms with Crippen LogP contribution < -0.4 is 0 Å². The second kappa shape index (κ2) is 4.91. The molecule has 1 heterocycles. The number of rotatable bonds is 2. The lowest BCUT2D eigenvalue weighted by Gasteiger charge is -2.34. The van der Waals surface area contributed by atoms with Gasteiger partial charge < -0.3 is 0 Å². The van der Waals surface area contributed by atoms with Gasteiger partial charge in [0.2, 0.25) is 0 Å². The van der Waals surface area contributed by atoms with Gasteiger partial charge >= 0.3 is 0 Å². The molecule has 1 aromatic heterocycles. The van der Waals surface area contributed by atoms with Gasteiger partial charge in [-0.1, -0.05) is 24.1 Å². The number of hydrogen-bond acceptors (Lipinski definition) is 3. The molecular formula is C15H22N4. The predicted molar refractivity (Wildman–Crippen MR) is 75.1 cm³/mol. The molecule has 102 valence electrons. The molecule has 1 fully saturated rings. The van der Waals surface area contributed by atoms with Gasteiger partial charge in [0.1, 0.15) is 0 Å². The zero-order valence-corrected chi connectivity index (χ0v) is 12.0. The van der Waals surface area contributed by atoms with Crippen LogP contribution in [0.15, 0.2) is 17.2 Å². The molecule has 2 aliphatic rings. The first-order valence-corrected chi connectivity index (χ1v) is 7.28. The van der Waals surface area contributed by atoms with Crippen LogP contribution in [0.1, 0.15) is 52.3 Å². The summed E-state index contributed by atoms with van der Waals surface area (Å²) in [6.07, 6.45) is 7.60. The zero-order valence-electron chi connectivity index (χ0n) is 12.0. The van der Waals surface area contributed by atoms with Gasteiger partial charge in [0.05, 0.1) is 0 Å². The van der Waals surface area contributed by atoms with Crippen molar-refractivity contribution in [3.8, 4) is 0 Å². The van der Waals surface area contributed by atoms with Crippen molar-refractivity contribution < 1.29 is 0 Å². The van der Waals surface area contributed by atoms with E-state index >= 15 is 0 Å². The summed E-state index contributed by atoms with van der Waals surface area (Å²) in [6, 6.07) is 0. The topological polar surface area (TPSA) is 54.5 Å². The van der Waals surface area contributed by atoms with Crippen LogP contribution in [-0.2, 0) is 0 Å². The molecule has 0 aliphatic heterocycles. The summed E-state index contributed by atoms with van der Waals surface area (Å²) in [5.41, 5.74) is 4.47. The number of nitrogens with one attached hydrogen (secondary N) is 1. The Balaban J connectivity index is 1.89. The maximum Gasteiger partial charge on any atom is 0.200 e. The largest absolute Gasteiger partial charge is 0.200 e. The van der Waals surface area contributed by atoms with E-state index < -0.39 is 0 Å². The Morgan fingerprint density at radius 3 is 2.89 bits per heavy atom. The molecule has 3 atom stereocenters. The van der Waals surface area contributed by atoms with Crippen molar-refractivity contribution in [1.29, 1.82) is 0 Å². The van der Waals surface area contributed by atoms with Gasteiger partial charge in [0, 0.05) is 0 Å². The second-order valence-corrected chi connectivity index (χ2v) is 6.13. The summed E-state index contributed by atoms with van der Waals surface area (Å²) >= 11 is 0. The van der Waals surface area contributed by atoms with Crippen LogP contribution in [0.4, 0.5) is 0 Å². The van der Waals surface area contributed by atoms with E-state index in [1.165, 1.54) is 25.7 Å². The third-order valence-electron chi connectivity index (χ3n) is 4.89. The average Bonchev–Trinajstić information content (AvgIpc) is 3.03. The zero-order chi connectivity index (χ0) is 13.4. The number of aromatic amines is 1. The first-order valence-electron chi connectivity index (χ1n) is 7.28. The van der Waals surface area contributed by atoms with Gasteiger partial charge in [-0.2, -0.15) is 5.21 Å². The van der Waals surface area contributed by atoms with Gasteiger partial charge in [-0.05, 0) is 68.1 Å². The average molecular weight is 258 g/mol. The van der Waals surface area contributed by atoms with Gasteiger partial charge in [-0.25, -0.2) is 0 Å². The Labute approximate surface area is 114 Å². The maximum absolute atomic E-state index is 4.07. The molecule has 3 rings (SSSR count). The lowest BCUT2D eigenvalue weighted by atomic mass is 9.71. The molecule has 4 heteroatoms. The molecule has 19 heavy (non-hydrogen) atoms. The summed E-state index contributed by atoms with van der Waals surface area (Å²) < 4.78 is 0. The fourth-order valence-electron chi connectivity index (χ4n) is 3.85. The Kier molecular flexibility index (Phi) is 3.25. The lowest BCUT2D eigenvalue weighted by Crippen LogP contribution is -2.23. The van der Waals surface area contributed by atoms with Gasteiger partial charge in [0.15, 0.2) is 5.82 Å². The minimum atomic E-state index is 0.585. The SMILES string of the molecule is CC1=C2[C@H](/C=C(\C)c3nn[nH]n3)CC[C@@H](C)[C@H]2CC1. The van der Waals surface area contributed by atoms with Crippen molar-refractivity contribution >= 4 is 5.57 Å². The van der Waals surface area contributed by atoms with E-state index in [1.807, 2.05) is 0 Å². The van der Waals surface area contributed by atoms with Crippen LogP contribution in [0.5, 0.6) is 0 Å². The molecule has 0 bridgehead atoms. The number of hydrogen-bond donors (Lipinski definition) is 1. The van der Waals surface area contributed by atoms with E-state index in [1.54, 1.807) is 11.1 Å². The van der Waals surface area contributed by atoms with Gasteiger partial charge in [0.25, 0.3) is 0 Å². The van der Waals surface area contributed by atoms with E-state index in [2.05, 4.69) is 47.5 Å². The van der Waals surface area contributed by atoms with E-state index in [0.29, 0.717) is 5.92 Å². The van der Waals surface area contributed by atoms with Crippen LogP contribution in [0.2, 0.25) is 0 Å². The minimum Gasteiger partial charge on any atom is -0.177 e. The number of nitrogens with zero attached hydrogens (tertiary/aromatic N) is 3. The van der Waals surface area contributed by atoms with E-state index in [-0.39, 0.29) is 0 Å². The van der Waals surface area contributed by atoms with Crippen molar-refractivity contribution in [2.75, 3.05) is 0 Å². The molecule has 0 aromatic carbocycles. The summed E-state index contributed by atoms with van der Waals surface area (Å²) in [7, 11) is 0. The molecule has 0 spiro atoms. The quantitative estimate of drug-likeness (QED) is 0.827. The number of aromatic nitrogens is 4. The Bertz CT molecular complexity index is 512. The molecule has 0 radical (unpaired) electrons. The number of fused-ring (bicyclic) bond motifs is 1. The fourth-order valence-corrected chi connectivity index (χ4v) is 3.85. The number of allylic oxidation sites excluding steroid dienone is 4. The van der Waals surface area contributed by atoms with Gasteiger partial charge in [-0.15, -0.1) is 10.2 Å². The van der Waals surface area contributed by atoms with E-state index in [9.17, 15) is 0 Å². The Morgan fingerprint density at radius 2 is 2.16 bits per heavy atom. The number of H-pyrrole nitrogens is 1. The molecule has 1 N–H and O–H groups in total. The molecule has 1 aromatic rings. The fraction of sp³-hybridized carbons (Fsp3) is 0.667. The van der Waals surface area contributed by atoms with Crippen LogP contribution in [0, 0.1) is 17.8 Å². The Morgan fingerprint density at radius 1 is 1.32 bits per heavy atom. The maximum atomic E-state index is 4.07. The summed E-state index contributed by atoms with van der Waals surface area (Å²) in [4.78, 5) is 0. The van der Waals surface area contributed by atoms with Crippen LogP contribution in [-0.4, -0.2) is 20.6 Å². The summed E-state index contributed by atoms with van der Waals surface area (Å²) in [5, 5.41) is 14.3. The molecule has 1 saturated carbocycles. The van der Waals surface area contributed by atoms with Crippen molar-refractivity contribution in [1.82, 2.24) is 20.6 Å². The van der Waals surface area contributed by atoms with Crippen molar-refractivity contribution in [3.63, 3.8) is 0 Å². The third-order valence-corrected chi connectivity index (χ3v) is 4.89. The molecule has 2 aliphatic carbocycles. The summed E-state index contributed by atoms with van der Waals surface area (Å²) in [6.45, 7) is 6.82. The third kappa shape index (κ3) is 2.24. The molecule has 4 nitrogen and oxygen atoms in total. The van der Waals surface area contributed by atoms with Crippen LogP contribution in [0.25, 0.3) is 5.57 Å². The van der Waals surface area contributed by atoms with Crippen LogP contribution in [0.3, 0.4) is 0 Å². The smallest absolute Gasteiger partial charge is 0.177 e. The number of tetrazole rings is 1. The van der Waals surface area contributed by atoms with Crippen molar-refractivity contribution in [2.24, 2.45) is 17.8 Å². The van der Waals surface area contributed by atoms with Crippen molar-refractivity contribution in [3.05, 3.63) is 23.0 Å². The first-order chi connectivity index (χ1) is 9.16. The Hall–Kier alpha value is -1.45. The molecule has 0 amide bonds. The van der Waals surface area contributed by atoms with E-state index in [0.717, 1.165) is 23.2 Å². The van der Waals surface area contributed by atoms with Crippen molar-refractivity contribution in [2.45, 2.75) is 46.5 Å². The van der Waals surface area contributed by atoms with Crippen LogP contribution >= 0.6 is 0 Å². The second-order valence-electron chi connectivity index (χ2n) is 6.13. The highest BCUT2D eigenvalue weighted by atomic mass is 15.5. The molecule has 0 saturated heterocycles. The predicted octanol–water partition coefficient (Wildman–Crippen LogP) is 3.38. The monoisotopic (exact) mass is 258 g/mol. The summed E-state index contributed by atoms with van der Waals surface area (Å²) in [5.74, 6) is 2.98. The normalized spacial score (nSPS) is 31.7. The highest BCUT2D eigenvalue weighted by Gasteiger charge is 2.35. The first kappa shape index (κ1) is 12.6. The highest BCUT2D eigenvalue weighted by Crippen LogP contribution is 2.48. The minimum absolute atomic E-state index is 0.585. The molecular weight excluding hydrogens is 236 g/mol. The van der Waals surface area contributed by atoms with Gasteiger partial charge in [-0.3, -0.25) is 0 Å². The van der Waals surface area contributed by atoms with E-state index in [4.69, 9.17) is 0 Å². The molecule has 0 unspecified atom stereocenters.